The Bertz CT molecular complexity index is 706. The van der Waals surface area contributed by atoms with E-state index in [4.69, 9.17) is 4.74 Å². The fraction of sp³-hybridized carbons (Fsp3) is 0.500. The van der Waals surface area contributed by atoms with Crippen LogP contribution in [0, 0.1) is 11.7 Å². The molecule has 1 unspecified atom stereocenters. The molecule has 6 heteroatoms. The number of fused-ring (bicyclic) bond motifs is 1. The molecule has 1 aliphatic heterocycles. The maximum Gasteiger partial charge on any atom is 0.193 e. The summed E-state index contributed by atoms with van der Waals surface area (Å²) in [5, 5.41) is 4.48. The molecule has 1 atom stereocenters. The van der Waals surface area contributed by atoms with E-state index in [2.05, 4.69) is 27.2 Å². The summed E-state index contributed by atoms with van der Waals surface area (Å²) in [5.74, 6) is 1.26. The van der Waals surface area contributed by atoms with E-state index in [1.807, 2.05) is 12.3 Å². The first-order valence-corrected chi connectivity index (χ1v) is 8.42. The maximum atomic E-state index is 13.2. The molecular formula is C18H25FN4O. The molecule has 0 aliphatic carbocycles. The molecule has 0 spiro atoms. The Morgan fingerprint density at radius 2 is 2.38 bits per heavy atom. The van der Waals surface area contributed by atoms with Crippen molar-refractivity contribution in [2.24, 2.45) is 10.9 Å². The first-order chi connectivity index (χ1) is 11.7. The van der Waals surface area contributed by atoms with E-state index in [1.165, 1.54) is 17.7 Å². The van der Waals surface area contributed by atoms with Gasteiger partial charge in [0.05, 0.1) is 6.61 Å². The van der Waals surface area contributed by atoms with Gasteiger partial charge >= 0.3 is 0 Å². The van der Waals surface area contributed by atoms with E-state index < -0.39 is 0 Å². The number of ether oxygens (including phenoxy) is 1. The van der Waals surface area contributed by atoms with Crippen LogP contribution in [0.4, 0.5) is 4.39 Å². The number of hydrogen-bond acceptors (Lipinski definition) is 2. The van der Waals surface area contributed by atoms with Crippen molar-refractivity contribution in [3.05, 3.63) is 35.8 Å². The molecule has 0 amide bonds. The molecule has 1 aromatic heterocycles. The summed E-state index contributed by atoms with van der Waals surface area (Å²) in [7, 11) is 3.86. The zero-order valence-corrected chi connectivity index (χ0v) is 14.3. The molecule has 1 aromatic carbocycles. The van der Waals surface area contributed by atoms with Gasteiger partial charge in [-0.15, -0.1) is 0 Å². The van der Waals surface area contributed by atoms with E-state index in [0.717, 1.165) is 56.0 Å². The second-order valence-corrected chi connectivity index (χ2v) is 6.34. The summed E-state index contributed by atoms with van der Waals surface area (Å²) in [5.41, 5.74) is 2.02. The lowest BCUT2D eigenvalue weighted by atomic mass is 10.1. The zero-order valence-electron chi connectivity index (χ0n) is 14.3. The SMILES string of the molecule is CN=C(NCCc1c[nH]c2cc(F)ccc12)N(C)CC1CCOC1. The number of guanidine groups is 1. The Kier molecular flexibility index (Phi) is 5.35. The number of hydrogen-bond donors (Lipinski definition) is 2. The second kappa shape index (κ2) is 7.66. The smallest absolute Gasteiger partial charge is 0.193 e. The Hall–Kier alpha value is -2.08. The highest BCUT2D eigenvalue weighted by molar-refractivity contribution is 5.83. The molecule has 2 heterocycles. The lowest BCUT2D eigenvalue weighted by Gasteiger charge is -2.24. The fourth-order valence-corrected chi connectivity index (χ4v) is 3.26. The van der Waals surface area contributed by atoms with Crippen molar-refractivity contribution in [2.75, 3.05) is 40.4 Å². The molecule has 0 saturated carbocycles. The standard InChI is InChI=1S/C18H25FN4O/c1-20-18(23(2)11-13-6-8-24-12-13)21-7-5-14-10-22-17-9-15(19)3-4-16(14)17/h3-4,9-10,13,22H,5-8,11-12H2,1-2H3,(H,20,21). The molecule has 5 nitrogen and oxygen atoms in total. The third-order valence-electron chi connectivity index (χ3n) is 4.54. The highest BCUT2D eigenvalue weighted by Crippen LogP contribution is 2.19. The minimum Gasteiger partial charge on any atom is -0.381 e. The van der Waals surface area contributed by atoms with Crippen molar-refractivity contribution in [3.8, 4) is 0 Å². The van der Waals surface area contributed by atoms with Gasteiger partial charge in [-0.25, -0.2) is 4.39 Å². The van der Waals surface area contributed by atoms with Crippen LogP contribution in [0.25, 0.3) is 10.9 Å². The van der Waals surface area contributed by atoms with Gasteiger partial charge in [0.25, 0.3) is 0 Å². The summed E-state index contributed by atoms with van der Waals surface area (Å²) in [6.45, 7) is 3.44. The lowest BCUT2D eigenvalue weighted by molar-refractivity contribution is 0.181. The van der Waals surface area contributed by atoms with Crippen LogP contribution >= 0.6 is 0 Å². The Labute approximate surface area is 141 Å². The highest BCUT2D eigenvalue weighted by atomic mass is 19.1. The van der Waals surface area contributed by atoms with Crippen LogP contribution in [-0.4, -0.2) is 56.2 Å². The van der Waals surface area contributed by atoms with Gasteiger partial charge in [-0.1, -0.05) is 0 Å². The van der Waals surface area contributed by atoms with Crippen molar-refractivity contribution >= 4 is 16.9 Å². The first kappa shape index (κ1) is 16.8. The van der Waals surface area contributed by atoms with Gasteiger partial charge in [0, 0.05) is 56.8 Å². The third-order valence-corrected chi connectivity index (χ3v) is 4.54. The average molecular weight is 332 g/mol. The van der Waals surface area contributed by atoms with Crippen LogP contribution in [0.3, 0.4) is 0 Å². The molecule has 1 fully saturated rings. The van der Waals surface area contributed by atoms with Gasteiger partial charge in [0.2, 0.25) is 0 Å². The summed E-state index contributed by atoms with van der Waals surface area (Å²) < 4.78 is 18.7. The molecule has 2 aromatic rings. The van der Waals surface area contributed by atoms with Gasteiger partial charge in [-0.2, -0.15) is 0 Å². The van der Waals surface area contributed by atoms with Crippen molar-refractivity contribution < 1.29 is 9.13 Å². The fourth-order valence-electron chi connectivity index (χ4n) is 3.26. The van der Waals surface area contributed by atoms with E-state index >= 15 is 0 Å². The lowest BCUT2D eigenvalue weighted by Crippen LogP contribution is -2.42. The number of aliphatic imine (C=N–C) groups is 1. The number of H-pyrrole nitrogens is 1. The van der Waals surface area contributed by atoms with Gasteiger partial charge in [-0.3, -0.25) is 4.99 Å². The quantitative estimate of drug-likeness (QED) is 0.653. The number of nitrogens with one attached hydrogen (secondary N) is 2. The minimum atomic E-state index is -0.216. The Morgan fingerprint density at radius 3 is 3.12 bits per heavy atom. The van der Waals surface area contributed by atoms with E-state index in [-0.39, 0.29) is 5.82 Å². The largest absolute Gasteiger partial charge is 0.381 e. The molecule has 1 aliphatic rings. The van der Waals surface area contributed by atoms with Crippen LogP contribution in [-0.2, 0) is 11.2 Å². The molecule has 130 valence electrons. The number of benzene rings is 1. The molecule has 1 saturated heterocycles. The first-order valence-electron chi connectivity index (χ1n) is 8.42. The van der Waals surface area contributed by atoms with Crippen LogP contribution in [0.5, 0.6) is 0 Å². The average Bonchev–Trinajstić information content (AvgIpc) is 3.21. The molecule has 2 N–H and O–H groups in total. The number of aromatic amines is 1. The highest BCUT2D eigenvalue weighted by Gasteiger charge is 2.19. The monoisotopic (exact) mass is 332 g/mol. The molecular weight excluding hydrogens is 307 g/mol. The summed E-state index contributed by atoms with van der Waals surface area (Å²) >= 11 is 0. The van der Waals surface area contributed by atoms with E-state index in [0.29, 0.717) is 5.92 Å². The van der Waals surface area contributed by atoms with Crippen molar-refractivity contribution in [3.63, 3.8) is 0 Å². The van der Waals surface area contributed by atoms with Gasteiger partial charge in [0.1, 0.15) is 5.82 Å². The number of aromatic nitrogens is 1. The van der Waals surface area contributed by atoms with Gasteiger partial charge in [0.15, 0.2) is 5.96 Å². The van der Waals surface area contributed by atoms with Gasteiger partial charge in [-0.05, 0) is 36.6 Å². The van der Waals surface area contributed by atoms with Gasteiger partial charge < -0.3 is 19.9 Å². The second-order valence-electron chi connectivity index (χ2n) is 6.34. The minimum absolute atomic E-state index is 0.216. The molecule has 0 radical (unpaired) electrons. The van der Waals surface area contributed by atoms with Crippen molar-refractivity contribution in [1.82, 2.24) is 15.2 Å². The van der Waals surface area contributed by atoms with E-state index in [1.54, 1.807) is 7.05 Å². The summed E-state index contributed by atoms with van der Waals surface area (Å²) in [4.78, 5) is 9.64. The summed E-state index contributed by atoms with van der Waals surface area (Å²) in [6, 6.07) is 4.86. The van der Waals surface area contributed by atoms with Crippen molar-refractivity contribution in [2.45, 2.75) is 12.8 Å². The number of rotatable bonds is 5. The van der Waals surface area contributed by atoms with E-state index in [9.17, 15) is 4.39 Å². The van der Waals surface area contributed by atoms with Crippen LogP contribution in [0.1, 0.15) is 12.0 Å². The topological polar surface area (TPSA) is 52.7 Å². The third kappa shape index (κ3) is 3.87. The number of halogens is 1. The number of nitrogens with zero attached hydrogens (tertiary/aromatic N) is 2. The zero-order chi connectivity index (χ0) is 16.9. The Morgan fingerprint density at radius 1 is 1.50 bits per heavy atom. The molecule has 0 bridgehead atoms. The van der Waals surface area contributed by atoms with Crippen LogP contribution < -0.4 is 5.32 Å². The Balaban J connectivity index is 1.53. The molecule has 24 heavy (non-hydrogen) atoms. The predicted molar refractivity (Wildman–Crippen MR) is 94.9 cm³/mol. The summed E-state index contributed by atoms with van der Waals surface area (Å²) in [6.07, 6.45) is 3.92. The maximum absolute atomic E-state index is 13.2. The van der Waals surface area contributed by atoms with Crippen LogP contribution in [0.2, 0.25) is 0 Å². The normalized spacial score (nSPS) is 18.3. The van der Waals surface area contributed by atoms with Crippen LogP contribution in [0.15, 0.2) is 29.4 Å². The van der Waals surface area contributed by atoms with Crippen molar-refractivity contribution in [1.29, 1.82) is 0 Å². The molecule has 3 rings (SSSR count). The predicted octanol–water partition coefficient (Wildman–Crippen LogP) is 2.39.